The van der Waals surface area contributed by atoms with Gasteiger partial charge in [0.1, 0.15) is 29.1 Å². The van der Waals surface area contributed by atoms with Gasteiger partial charge in [-0.25, -0.2) is 4.39 Å². The van der Waals surface area contributed by atoms with E-state index in [1.165, 1.54) is 41.4 Å². The Labute approximate surface area is 251 Å². The van der Waals surface area contributed by atoms with Crippen molar-refractivity contribution in [2.75, 3.05) is 19.7 Å². The van der Waals surface area contributed by atoms with Gasteiger partial charge in [0.15, 0.2) is 6.61 Å². The minimum Gasteiger partial charge on any atom is -0.488 e. The number of fused-ring (bicyclic) bond motifs is 8. The molecule has 3 amide bonds. The predicted octanol–water partition coefficient (Wildman–Crippen LogP) is 2.68. The van der Waals surface area contributed by atoms with Crippen LogP contribution in [-0.4, -0.2) is 64.4 Å². The van der Waals surface area contributed by atoms with Crippen LogP contribution in [0.2, 0.25) is 0 Å². The van der Waals surface area contributed by atoms with Gasteiger partial charge in [-0.05, 0) is 47.5 Å². The second-order valence-corrected chi connectivity index (χ2v) is 10.6. The molecular weight excluding hydrogens is 569 g/mol. The van der Waals surface area contributed by atoms with Crippen LogP contribution in [0.5, 0.6) is 11.5 Å². The van der Waals surface area contributed by atoms with E-state index in [0.717, 1.165) is 5.56 Å². The number of H-pyrrole nitrogens is 1. The van der Waals surface area contributed by atoms with Crippen LogP contribution in [0.1, 0.15) is 32.8 Å². The van der Waals surface area contributed by atoms with Crippen molar-refractivity contribution in [2.45, 2.75) is 25.1 Å². The van der Waals surface area contributed by atoms with Crippen LogP contribution in [0.25, 0.3) is 11.1 Å². The molecule has 1 fully saturated rings. The first kappa shape index (κ1) is 28.6. The van der Waals surface area contributed by atoms with E-state index in [2.05, 4.69) is 20.6 Å². The van der Waals surface area contributed by atoms with Crippen LogP contribution < -0.4 is 25.7 Å². The molecule has 44 heavy (non-hydrogen) atoms. The van der Waals surface area contributed by atoms with E-state index in [1.807, 2.05) is 6.07 Å². The molecule has 0 spiro atoms. The van der Waals surface area contributed by atoms with Gasteiger partial charge in [0, 0.05) is 56.1 Å². The van der Waals surface area contributed by atoms with E-state index in [0.29, 0.717) is 23.3 Å². The van der Waals surface area contributed by atoms with Gasteiger partial charge in [0.05, 0.1) is 11.6 Å². The highest BCUT2D eigenvalue weighted by molar-refractivity contribution is 5.95. The van der Waals surface area contributed by atoms with E-state index in [1.54, 1.807) is 36.5 Å². The minimum absolute atomic E-state index is 0.0379. The number of benzene rings is 2. The Morgan fingerprint density at radius 1 is 0.932 bits per heavy atom. The molecule has 2 aliphatic rings. The average Bonchev–Trinajstić information content (AvgIpc) is 3.03. The van der Waals surface area contributed by atoms with Crippen molar-refractivity contribution in [3.05, 3.63) is 112 Å². The summed E-state index contributed by atoms with van der Waals surface area (Å²) >= 11 is 0. The summed E-state index contributed by atoms with van der Waals surface area (Å²) < 4.78 is 26.5. The maximum atomic E-state index is 14.6. The van der Waals surface area contributed by atoms with Crippen LogP contribution in [0.15, 0.2) is 83.9 Å². The zero-order valence-corrected chi connectivity index (χ0v) is 23.4. The Hall–Kier alpha value is -5.52. The van der Waals surface area contributed by atoms with E-state index < -0.39 is 41.2 Å². The molecule has 4 aromatic rings. The molecular formula is C32H28FN5O6. The molecule has 0 unspecified atom stereocenters. The Kier molecular flexibility index (Phi) is 8.04. The zero-order valence-electron chi connectivity index (χ0n) is 23.4. The van der Waals surface area contributed by atoms with Crippen molar-refractivity contribution in [3.63, 3.8) is 0 Å². The highest BCUT2D eigenvalue weighted by Gasteiger charge is 2.35. The van der Waals surface area contributed by atoms with Gasteiger partial charge in [-0.1, -0.05) is 18.2 Å². The number of likely N-dealkylation sites (tertiary alicyclic amines) is 1. The number of aromatic nitrogens is 2. The lowest BCUT2D eigenvalue weighted by Gasteiger charge is -2.38. The molecule has 3 N–H and O–H groups in total. The number of pyridine rings is 2. The molecule has 11 nitrogen and oxygen atoms in total. The van der Waals surface area contributed by atoms with Crippen LogP contribution >= 0.6 is 0 Å². The van der Waals surface area contributed by atoms with Gasteiger partial charge in [-0.3, -0.25) is 24.2 Å². The number of hydrogen-bond acceptors (Lipinski definition) is 7. The topological polar surface area (TPSA) is 143 Å². The molecule has 1 saturated heterocycles. The smallest absolute Gasteiger partial charge is 0.270 e. The Morgan fingerprint density at radius 3 is 2.64 bits per heavy atom. The van der Waals surface area contributed by atoms with E-state index in [4.69, 9.17) is 9.47 Å². The number of ether oxygens (including phenoxy) is 2. The fourth-order valence-corrected chi connectivity index (χ4v) is 5.24. The van der Waals surface area contributed by atoms with Crippen molar-refractivity contribution in [1.82, 2.24) is 25.5 Å². The highest BCUT2D eigenvalue weighted by atomic mass is 19.1. The highest BCUT2D eigenvalue weighted by Crippen LogP contribution is 2.26. The van der Waals surface area contributed by atoms with Crippen molar-refractivity contribution in [3.8, 4) is 22.6 Å². The molecule has 4 heterocycles. The number of halogens is 1. The third-order valence-corrected chi connectivity index (χ3v) is 7.40. The first-order chi connectivity index (χ1) is 21.3. The lowest BCUT2D eigenvalue weighted by molar-refractivity contribution is -0.123. The van der Waals surface area contributed by atoms with Crippen molar-refractivity contribution in [2.24, 2.45) is 0 Å². The SMILES string of the molecule is O=C1COc2cccc(c2)-c2cncc(c2)C(=O)N[C@@H]2CN(C(=O)c3cccc(=O)[nH]3)CC[C@@H]2Oc2cc(F)cc(c2)CN1. The molecule has 6 rings (SSSR count). The fourth-order valence-electron chi connectivity index (χ4n) is 5.24. The number of piperidine rings is 1. The van der Waals surface area contributed by atoms with Crippen LogP contribution in [0.4, 0.5) is 4.39 Å². The molecule has 2 aromatic heterocycles. The summed E-state index contributed by atoms with van der Waals surface area (Å²) in [6.45, 7) is 0.115. The normalized spacial score (nSPS) is 18.6. The van der Waals surface area contributed by atoms with Crippen molar-refractivity contribution >= 4 is 17.7 Å². The van der Waals surface area contributed by atoms with E-state index >= 15 is 0 Å². The molecule has 224 valence electrons. The van der Waals surface area contributed by atoms with E-state index in [9.17, 15) is 23.6 Å². The quantitative estimate of drug-likeness (QED) is 0.306. The molecule has 12 heteroatoms. The Balaban J connectivity index is 1.34. The minimum atomic E-state index is -0.704. The van der Waals surface area contributed by atoms with Gasteiger partial charge >= 0.3 is 0 Å². The molecule has 0 saturated carbocycles. The van der Waals surface area contributed by atoms with Gasteiger partial charge in [0.2, 0.25) is 5.56 Å². The number of carbonyl (C=O) groups is 3. The lowest BCUT2D eigenvalue weighted by Crippen LogP contribution is -2.58. The summed E-state index contributed by atoms with van der Waals surface area (Å²) in [6.07, 6.45) is 2.71. The van der Waals surface area contributed by atoms with Crippen LogP contribution in [0.3, 0.4) is 0 Å². The third-order valence-electron chi connectivity index (χ3n) is 7.40. The summed E-state index contributed by atoms with van der Waals surface area (Å²) in [5.41, 5.74) is 1.83. The Morgan fingerprint density at radius 2 is 1.77 bits per heavy atom. The van der Waals surface area contributed by atoms with Gasteiger partial charge < -0.3 is 30.0 Å². The van der Waals surface area contributed by atoms with Crippen molar-refractivity contribution in [1.29, 1.82) is 0 Å². The molecule has 0 radical (unpaired) electrons. The summed E-state index contributed by atoms with van der Waals surface area (Å²) in [6, 6.07) is 16.5. The second-order valence-electron chi connectivity index (χ2n) is 10.6. The molecule has 2 aromatic carbocycles. The number of rotatable bonds is 1. The maximum absolute atomic E-state index is 14.6. The molecule has 2 aliphatic heterocycles. The van der Waals surface area contributed by atoms with Crippen LogP contribution in [0, 0.1) is 5.82 Å². The number of amides is 3. The number of carbonyl (C=O) groups excluding carboxylic acids is 3. The molecule has 2 atom stereocenters. The summed E-state index contributed by atoms with van der Waals surface area (Å²) in [4.78, 5) is 59.5. The maximum Gasteiger partial charge on any atom is 0.270 e. The summed E-state index contributed by atoms with van der Waals surface area (Å²) in [7, 11) is 0. The van der Waals surface area contributed by atoms with E-state index in [-0.39, 0.29) is 43.2 Å². The van der Waals surface area contributed by atoms with Crippen molar-refractivity contribution < 1.29 is 28.2 Å². The molecule has 0 aliphatic carbocycles. The zero-order chi connectivity index (χ0) is 30.6. The lowest BCUT2D eigenvalue weighted by atomic mass is 10.00. The van der Waals surface area contributed by atoms with Gasteiger partial charge in [-0.15, -0.1) is 0 Å². The monoisotopic (exact) mass is 597 g/mol. The number of hydrogen-bond donors (Lipinski definition) is 3. The number of nitrogens with zero attached hydrogens (tertiary/aromatic N) is 2. The number of nitrogens with one attached hydrogen (secondary N) is 3. The first-order valence-electron chi connectivity index (χ1n) is 14.0. The summed E-state index contributed by atoms with van der Waals surface area (Å²) in [5, 5.41) is 5.70. The molecule has 6 bridgehead atoms. The largest absolute Gasteiger partial charge is 0.488 e. The second kappa shape index (κ2) is 12.4. The van der Waals surface area contributed by atoms with Crippen LogP contribution in [-0.2, 0) is 11.3 Å². The third kappa shape index (κ3) is 6.59. The average molecular weight is 598 g/mol. The Bertz CT molecular complexity index is 1790. The number of aromatic amines is 1. The summed E-state index contributed by atoms with van der Waals surface area (Å²) in [5.74, 6) is -1.15. The fraction of sp³-hybridized carbons (Fsp3) is 0.219. The van der Waals surface area contributed by atoms with Gasteiger partial charge in [0.25, 0.3) is 17.7 Å². The predicted molar refractivity (Wildman–Crippen MR) is 157 cm³/mol. The first-order valence-corrected chi connectivity index (χ1v) is 14.0. The standard InChI is InChI=1S/C32H28FN5O6/c33-23-9-19-10-25(13-23)44-28-7-8-38(32(42)26-5-2-6-29(39)36-26)17-27(28)37-31(41)22-11-21(15-34-16-22)20-3-1-4-24(12-20)43-18-30(40)35-14-19/h1-6,9-13,15-16,27-28H,7-8,14,17-18H2,(H,35,40)(H,36,39)(H,37,41)/t27-,28+/m1/s1. The van der Waals surface area contributed by atoms with Gasteiger partial charge in [-0.2, -0.15) is 0 Å².